The summed E-state index contributed by atoms with van der Waals surface area (Å²) in [5.74, 6) is -0.165. The lowest BCUT2D eigenvalue weighted by molar-refractivity contribution is -0.154. The molecule has 1 heterocycles. The Morgan fingerprint density at radius 3 is 3.13 bits per heavy atom. The Kier molecular flexibility index (Phi) is 6.36. The molecule has 1 aliphatic rings. The molecule has 1 atom stereocenters. The van der Waals surface area contributed by atoms with E-state index in [4.69, 9.17) is 9.47 Å². The van der Waals surface area contributed by atoms with Gasteiger partial charge in [0.2, 0.25) is 0 Å². The van der Waals surface area contributed by atoms with Gasteiger partial charge >= 0.3 is 5.97 Å². The topological polar surface area (TPSA) is 47.6 Å². The molecule has 15 heavy (non-hydrogen) atoms. The highest BCUT2D eigenvalue weighted by molar-refractivity contribution is 5.71. The number of esters is 1. The van der Waals surface area contributed by atoms with Crippen LogP contribution in [-0.4, -0.2) is 38.4 Å². The number of carbonyl (C=O) groups is 1. The first-order valence-corrected chi connectivity index (χ1v) is 5.81. The SMILES string of the molecule is CCCCNCC(=O)OC1CCCOC1. The van der Waals surface area contributed by atoms with Gasteiger partial charge in [-0.25, -0.2) is 0 Å². The van der Waals surface area contributed by atoms with Gasteiger partial charge in [-0.3, -0.25) is 4.79 Å². The van der Waals surface area contributed by atoms with Gasteiger partial charge in [-0.2, -0.15) is 0 Å². The summed E-state index contributed by atoms with van der Waals surface area (Å²) >= 11 is 0. The third kappa shape index (κ3) is 5.74. The highest BCUT2D eigenvalue weighted by atomic mass is 16.6. The van der Waals surface area contributed by atoms with E-state index < -0.39 is 0 Å². The van der Waals surface area contributed by atoms with Crippen molar-refractivity contribution in [3.05, 3.63) is 0 Å². The van der Waals surface area contributed by atoms with Crippen molar-refractivity contribution in [2.75, 3.05) is 26.3 Å². The standard InChI is InChI=1S/C11H21NO3/c1-2-3-6-12-8-11(13)15-10-5-4-7-14-9-10/h10,12H,2-9H2,1H3. The number of rotatable bonds is 6. The molecular weight excluding hydrogens is 194 g/mol. The number of nitrogens with one attached hydrogen (secondary N) is 1. The summed E-state index contributed by atoms with van der Waals surface area (Å²) in [4.78, 5) is 11.3. The van der Waals surface area contributed by atoms with Crippen LogP contribution in [-0.2, 0) is 14.3 Å². The number of ether oxygens (including phenoxy) is 2. The van der Waals surface area contributed by atoms with Gasteiger partial charge in [0.15, 0.2) is 0 Å². The molecule has 0 aromatic rings. The normalized spacial score (nSPS) is 21.3. The van der Waals surface area contributed by atoms with E-state index in [2.05, 4.69) is 12.2 Å². The summed E-state index contributed by atoms with van der Waals surface area (Å²) in [6.45, 7) is 4.67. The van der Waals surface area contributed by atoms with E-state index in [0.29, 0.717) is 13.2 Å². The maximum Gasteiger partial charge on any atom is 0.320 e. The van der Waals surface area contributed by atoms with E-state index >= 15 is 0 Å². The first kappa shape index (κ1) is 12.5. The monoisotopic (exact) mass is 215 g/mol. The van der Waals surface area contributed by atoms with E-state index in [-0.39, 0.29) is 12.1 Å². The molecule has 0 amide bonds. The third-order valence-corrected chi connectivity index (χ3v) is 2.39. The summed E-state index contributed by atoms with van der Waals surface area (Å²) in [6, 6.07) is 0. The molecule has 0 aliphatic carbocycles. The van der Waals surface area contributed by atoms with Crippen molar-refractivity contribution >= 4 is 5.97 Å². The van der Waals surface area contributed by atoms with Crippen LogP contribution < -0.4 is 5.32 Å². The summed E-state index contributed by atoms with van der Waals surface area (Å²) in [5, 5.41) is 3.06. The summed E-state index contributed by atoms with van der Waals surface area (Å²) in [6.07, 6.45) is 4.12. The van der Waals surface area contributed by atoms with Crippen LogP contribution in [0, 0.1) is 0 Å². The van der Waals surface area contributed by atoms with Crippen LogP contribution >= 0.6 is 0 Å². The predicted octanol–water partition coefficient (Wildman–Crippen LogP) is 1.10. The maximum atomic E-state index is 11.3. The second-order valence-corrected chi connectivity index (χ2v) is 3.86. The van der Waals surface area contributed by atoms with Crippen molar-refractivity contribution < 1.29 is 14.3 Å². The average Bonchev–Trinajstić information content (AvgIpc) is 2.26. The van der Waals surface area contributed by atoms with Crippen molar-refractivity contribution in [1.29, 1.82) is 0 Å². The van der Waals surface area contributed by atoms with Gasteiger partial charge in [0, 0.05) is 6.61 Å². The van der Waals surface area contributed by atoms with Gasteiger partial charge in [0.05, 0.1) is 13.2 Å². The molecule has 0 aromatic carbocycles. The molecule has 0 saturated carbocycles. The summed E-state index contributed by atoms with van der Waals surface area (Å²) in [7, 11) is 0. The first-order chi connectivity index (χ1) is 7.33. The van der Waals surface area contributed by atoms with Gasteiger partial charge < -0.3 is 14.8 Å². The van der Waals surface area contributed by atoms with E-state index in [9.17, 15) is 4.79 Å². The number of hydrogen-bond acceptors (Lipinski definition) is 4. The number of unbranched alkanes of at least 4 members (excludes halogenated alkanes) is 1. The fourth-order valence-corrected chi connectivity index (χ4v) is 1.52. The Hall–Kier alpha value is -0.610. The van der Waals surface area contributed by atoms with Crippen molar-refractivity contribution in [2.45, 2.75) is 38.7 Å². The molecule has 4 nitrogen and oxygen atoms in total. The zero-order valence-corrected chi connectivity index (χ0v) is 9.46. The fraction of sp³-hybridized carbons (Fsp3) is 0.909. The molecular formula is C11H21NO3. The van der Waals surface area contributed by atoms with Gasteiger partial charge in [-0.15, -0.1) is 0 Å². The molecule has 0 bridgehead atoms. The molecule has 1 N–H and O–H groups in total. The second kappa shape index (κ2) is 7.65. The molecule has 1 unspecified atom stereocenters. The fourth-order valence-electron chi connectivity index (χ4n) is 1.52. The Balaban J connectivity index is 2.01. The zero-order valence-electron chi connectivity index (χ0n) is 9.46. The van der Waals surface area contributed by atoms with Crippen LogP contribution in [0.5, 0.6) is 0 Å². The minimum Gasteiger partial charge on any atom is -0.459 e. The lowest BCUT2D eigenvalue weighted by atomic mass is 10.2. The zero-order chi connectivity index (χ0) is 10.9. The van der Waals surface area contributed by atoms with E-state index in [1.54, 1.807) is 0 Å². The van der Waals surface area contributed by atoms with Gasteiger partial charge in [-0.05, 0) is 25.8 Å². The molecule has 0 spiro atoms. The lowest BCUT2D eigenvalue weighted by Crippen LogP contribution is -2.33. The lowest BCUT2D eigenvalue weighted by Gasteiger charge is -2.22. The van der Waals surface area contributed by atoms with Crippen LogP contribution in [0.25, 0.3) is 0 Å². The van der Waals surface area contributed by atoms with Crippen LogP contribution in [0.1, 0.15) is 32.6 Å². The van der Waals surface area contributed by atoms with E-state index in [1.807, 2.05) is 0 Å². The molecule has 1 aliphatic heterocycles. The van der Waals surface area contributed by atoms with Crippen molar-refractivity contribution in [3.63, 3.8) is 0 Å². The molecule has 88 valence electrons. The number of hydrogen-bond donors (Lipinski definition) is 1. The quantitative estimate of drug-likeness (QED) is 0.532. The highest BCUT2D eigenvalue weighted by Gasteiger charge is 2.17. The van der Waals surface area contributed by atoms with E-state index in [1.165, 1.54) is 0 Å². The molecule has 1 saturated heterocycles. The van der Waals surface area contributed by atoms with Crippen LogP contribution in [0.2, 0.25) is 0 Å². The van der Waals surface area contributed by atoms with Crippen LogP contribution in [0.4, 0.5) is 0 Å². The largest absolute Gasteiger partial charge is 0.459 e. The minimum absolute atomic E-state index is 0.0285. The molecule has 0 aromatic heterocycles. The number of carbonyl (C=O) groups excluding carboxylic acids is 1. The third-order valence-electron chi connectivity index (χ3n) is 2.39. The Bertz CT molecular complexity index is 179. The van der Waals surface area contributed by atoms with Crippen molar-refractivity contribution in [3.8, 4) is 0 Å². The summed E-state index contributed by atoms with van der Waals surface area (Å²) < 4.78 is 10.5. The smallest absolute Gasteiger partial charge is 0.320 e. The Labute approximate surface area is 91.3 Å². The highest BCUT2D eigenvalue weighted by Crippen LogP contribution is 2.09. The molecule has 1 fully saturated rings. The van der Waals surface area contributed by atoms with Gasteiger partial charge in [0.25, 0.3) is 0 Å². The van der Waals surface area contributed by atoms with Crippen LogP contribution in [0.3, 0.4) is 0 Å². The Morgan fingerprint density at radius 2 is 2.47 bits per heavy atom. The minimum atomic E-state index is -0.165. The van der Waals surface area contributed by atoms with Crippen LogP contribution in [0.15, 0.2) is 0 Å². The van der Waals surface area contributed by atoms with Crippen molar-refractivity contribution in [2.24, 2.45) is 0 Å². The van der Waals surface area contributed by atoms with E-state index in [0.717, 1.165) is 38.8 Å². The predicted molar refractivity (Wildman–Crippen MR) is 57.7 cm³/mol. The Morgan fingerprint density at radius 1 is 1.60 bits per heavy atom. The second-order valence-electron chi connectivity index (χ2n) is 3.86. The summed E-state index contributed by atoms with van der Waals surface area (Å²) in [5.41, 5.74) is 0. The molecule has 1 rings (SSSR count). The van der Waals surface area contributed by atoms with Gasteiger partial charge in [-0.1, -0.05) is 13.3 Å². The average molecular weight is 215 g/mol. The van der Waals surface area contributed by atoms with Gasteiger partial charge in [0.1, 0.15) is 6.10 Å². The molecule has 4 heteroatoms. The first-order valence-electron chi connectivity index (χ1n) is 5.81. The molecule has 0 radical (unpaired) electrons. The van der Waals surface area contributed by atoms with Crippen molar-refractivity contribution in [1.82, 2.24) is 5.32 Å². The maximum absolute atomic E-state index is 11.3.